The van der Waals surface area contributed by atoms with Gasteiger partial charge in [-0.1, -0.05) is 6.07 Å². The highest BCUT2D eigenvalue weighted by atomic mass is 19.1. The molecule has 0 unspecified atom stereocenters. The molecule has 0 saturated heterocycles. The molecule has 13 heavy (non-hydrogen) atoms. The Morgan fingerprint density at radius 3 is 2.85 bits per heavy atom. The minimum Gasteiger partial charge on any atom is -0.505 e. The van der Waals surface area contributed by atoms with Crippen molar-refractivity contribution in [2.45, 2.75) is 12.5 Å². The molecule has 0 bridgehead atoms. The van der Waals surface area contributed by atoms with Crippen molar-refractivity contribution >= 4 is 0 Å². The largest absolute Gasteiger partial charge is 0.505 e. The maximum Gasteiger partial charge on any atom is 0.165 e. The monoisotopic (exact) mass is 180 g/mol. The quantitative estimate of drug-likeness (QED) is 0.723. The van der Waals surface area contributed by atoms with Gasteiger partial charge in [-0.15, -0.1) is 0 Å². The summed E-state index contributed by atoms with van der Waals surface area (Å²) in [6, 6.07) is 5.25. The van der Waals surface area contributed by atoms with Crippen LogP contribution in [0.5, 0.6) is 5.75 Å². The molecule has 0 aliphatic carbocycles. The number of aromatic hydroxyl groups is 1. The number of nitrogens with zero attached hydrogens (tertiary/aromatic N) is 1. The molecule has 0 aromatic heterocycles. The fourth-order valence-electron chi connectivity index (χ4n) is 0.970. The lowest BCUT2D eigenvalue weighted by molar-refractivity contribution is 0.431. The SMILES string of the molecule is N#CC[C@H](N)c1ccc(O)c(F)c1. The second-order valence-corrected chi connectivity index (χ2v) is 2.68. The van der Waals surface area contributed by atoms with Crippen LogP contribution in [0.1, 0.15) is 18.0 Å². The van der Waals surface area contributed by atoms with Gasteiger partial charge in [-0.05, 0) is 17.7 Å². The molecule has 3 N–H and O–H groups in total. The summed E-state index contributed by atoms with van der Waals surface area (Å²) in [5.41, 5.74) is 6.06. The zero-order valence-electron chi connectivity index (χ0n) is 6.87. The Labute approximate surface area is 75.2 Å². The van der Waals surface area contributed by atoms with Crippen LogP contribution in [0.15, 0.2) is 18.2 Å². The highest BCUT2D eigenvalue weighted by Gasteiger charge is 2.08. The average Bonchev–Trinajstić information content (AvgIpc) is 2.10. The van der Waals surface area contributed by atoms with E-state index in [1.165, 1.54) is 12.1 Å². The number of hydrogen-bond donors (Lipinski definition) is 2. The Balaban J connectivity index is 2.91. The number of benzene rings is 1. The van der Waals surface area contributed by atoms with Crippen LogP contribution in [-0.4, -0.2) is 5.11 Å². The predicted octanol–water partition coefficient (Wildman–Crippen LogP) is 1.44. The molecule has 4 heteroatoms. The van der Waals surface area contributed by atoms with E-state index in [2.05, 4.69) is 0 Å². The van der Waals surface area contributed by atoms with E-state index >= 15 is 0 Å². The maximum absolute atomic E-state index is 12.8. The van der Waals surface area contributed by atoms with Crippen molar-refractivity contribution in [1.29, 1.82) is 5.26 Å². The zero-order chi connectivity index (χ0) is 9.84. The van der Waals surface area contributed by atoms with Crippen LogP contribution in [0.3, 0.4) is 0 Å². The molecule has 1 aromatic rings. The van der Waals surface area contributed by atoms with E-state index in [0.29, 0.717) is 5.56 Å². The van der Waals surface area contributed by atoms with E-state index in [0.717, 1.165) is 6.07 Å². The van der Waals surface area contributed by atoms with Crippen LogP contribution in [-0.2, 0) is 0 Å². The smallest absolute Gasteiger partial charge is 0.165 e. The highest BCUT2D eigenvalue weighted by molar-refractivity contribution is 5.30. The van der Waals surface area contributed by atoms with Gasteiger partial charge in [0.05, 0.1) is 12.5 Å². The van der Waals surface area contributed by atoms with Crippen molar-refractivity contribution in [2.75, 3.05) is 0 Å². The van der Waals surface area contributed by atoms with E-state index < -0.39 is 17.6 Å². The third-order valence-corrected chi connectivity index (χ3v) is 1.71. The fraction of sp³-hybridized carbons (Fsp3) is 0.222. The van der Waals surface area contributed by atoms with Crippen LogP contribution < -0.4 is 5.73 Å². The van der Waals surface area contributed by atoms with Gasteiger partial charge in [0, 0.05) is 6.04 Å². The van der Waals surface area contributed by atoms with Gasteiger partial charge in [0.1, 0.15) is 0 Å². The normalized spacial score (nSPS) is 12.1. The number of phenolic OH excluding ortho intramolecular Hbond substituents is 1. The number of phenols is 1. The van der Waals surface area contributed by atoms with Crippen LogP contribution in [0.4, 0.5) is 4.39 Å². The Morgan fingerprint density at radius 1 is 1.62 bits per heavy atom. The topological polar surface area (TPSA) is 70.0 Å². The van der Waals surface area contributed by atoms with Crippen molar-refractivity contribution in [3.05, 3.63) is 29.6 Å². The van der Waals surface area contributed by atoms with Gasteiger partial charge in [0.25, 0.3) is 0 Å². The van der Waals surface area contributed by atoms with Gasteiger partial charge in [-0.3, -0.25) is 0 Å². The summed E-state index contributed by atoms with van der Waals surface area (Å²) in [6.07, 6.45) is 0.129. The van der Waals surface area contributed by atoms with Gasteiger partial charge in [0.15, 0.2) is 11.6 Å². The summed E-state index contributed by atoms with van der Waals surface area (Å²) < 4.78 is 12.8. The highest BCUT2D eigenvalue weighted by Crippen LogP contribution is 2.20. The first kappa shape index (κ1) is 9.49. The number of nitriles is 1. The van der Waals surface area contributed by atoms with Gasteiger partial charge in [-0.2, -0.15) is 5.26 Å². The average molecular weight is 180 g/mol. The molecule has 0 heterocycles. The molecule has 1 atom stereocenters. The minimum atomic E-state index is -0.717. The molecule has 0 fully saturated rings. The third-order valence-electron chi connectivity index (χ3n) is 1.71. The molecule has 1 rings (SSSR count). The predicted molar refractivity (Wildman–Crippen MR) is 45.2 cm³/mol. The molecule has 0 amide bonds. The Morgan fingerprint density at radius 2 is 2.31 bits per heavy atom. The maximum atomic E-state index is 12.8. The summed E-state index contributed by atoms with van der Waals surface area (Å²) in [7, 11) is 0. The summed E-state index contributed by atoms with van der Waals surface area (Å²) in [5, 5.41) is 17.2. The minimum absolute atomic E-state index is 0.129. The second kappa shape index (κ2) is 3.87. The van der Waals surface area contributed by atoms with Crippen molar-refractivity contribution in [3.8, 4) is 11.8 Å². The summed E-state index contributed by atoms with van der Waals surface area (Å²) in [5.74, 6) is -1.13. The van der Waals surface area contributed by atoms with Gasteiger partial charge in [-0.25, -0.2) is 4.39 Å². The Bertz CT molecular complexity index is 346. The van der Waals surface area contributed by atoms with Gasteiger partial charge < -0.3 is 10.8 Å². The fourth-order valence-corrected chi connectivity index (χ4v) is 0.970. The number of halogens is 1. The molecular weight excluding hydrogens is 171 g/mol. The molecule has 0 aliphatic heterocycles. The lowest BCUT2D eigenvalue weighted by atomic mass is 10.1. The third kappa shape index (κ3) is 2.17. The standard InChI is InChI=1S/C9H9FN2O/c10-7-5-6(1-2-9(7)13)8(12)3-4-11/h1-2,5,8,13H,3,12H2/t8-/m0/s1. The first-order valence-corrected chi connectivity index (χ1v) is 3.76. The lowest BCUT2D eigenvalue weighted by Crippen LogP contribution is -2.09. The first-order valence-electron chi connectivity index (χ1n) is 3.76. The number of nitrogens with two attached hydrogens (primary N) is 1. The Kier molecular flexibility index (Phi) is 2.83. The van der Waals surface area contributed by atoms with E-state index in [9.17, 15) is 4.39 Å². The summed E-state index contributed by atoms with van der Waals surface area (Å²) in [4.78, 5) is 0. The van der Waals surface area contributed by atoms with Crippen molar-refractivity contribution in [3.63, 3.8) is 0 Å². The second-order valence-electron chi connectivity index (χ2n) is 2.68. The molecule has 0 saturated carbocycles. The number of rotatable bonds is 2. The van der Waals surface area contributed by atoms with Crippen LogP contribution in [0.2, 0.25) is 0 Å². The van der Waals surface area contributed by atoms with Crippen molar-refractivity contribution in [1.82, 2.24) is 0 Å². The van der Waals surface area contributed by atoms with E-state index in [1.54, 1.807) is 0 Å². The first-order chi connectivity index (χ1) is 6.15. The van der Waals surface area contributed by atoms with Crippen molar-refractivity contribution < 1.29 is 9.50 Å². The van der Waals surface area contributed by atoms with Crippen molar-refractivity contribution in [2.24, 2.45) is 5.73 Å². The van der Waals surface area contributed by atoms with E-state index in [-0.39, 0.29) is 6.42 Å². The Hall–Kier alpha value is -1.60. The van der Waals surface area contributed by atoms with Gasteiger partial charge >= 0.3 is 0 Å². The molecule has 0 spiro atoms. The summed E-state index contributed by atoms with van der Waals surface area (Å²) in [6.45, 7) is 0. The van der Waals surface area contributed by atoms with E-state index in [1.807, 2.05) is 6.07 Å². The number of hydrogen-bond acceptors (Lipinski definition) is 3. The van der Waals surface area contributed by atoms with Crippen LogP contribution in [0.25, 0.3) is 0 Å². The molecule has 0 radical (unpaired) electrons. The lowest BCUT2D eigenvalue weighted by Gasteiger charge is -2.07. The van der Waals surface area contributed by atoms with Gasteiger partial charge in [0.2, 0.25) is 0 Å². The molecule has 0 aliphatic rings. The van der Waals surface area contributed by atoms with E-state index in [4.69, 9.17) is 16.1 Å². The van der Waals surface area contributed by atoms with Crippen LogP contribution >= 0.6 is 0 Å². The molecule has 1 aromatic carbocycles. The summed E-state index contributed by atoms with van der Waals surface area (Å²) >= 11 is 0. The molecular formula is C9H9FN2O. The molecule has 3 nitrogen and oxygen atoms in total. The van der Waals surface area contributed by atoms with Crippen LogP contribution in [0, 0.1) is 17.1 Å². The molecule has 68 valence electrons. The zero-order valence-corrected chi connectivity index (χ0v) is 6.87.